The molecule has 0 bridgehead atoms. The molecule has 0 spiro atoms. The van der Waals surface area contributed by atoms with E-state index >= 15 is 0 Å². The van der Waals surface area contributed by atoms with E-state index in [1.165, 1.54) is 40.4 Å². The molecule has 0 aliphatic rings. The van der Waals surface area contributed by atoms with Crippen LogP contribution < -0.4 is 32.7 Å². The number of carbonyl (C=O) groups is 2. The van der Waals surface area contributed by atoms with E-state index in [0.717, 1.165) is 9.80 Å². The number of methoxy groups -OCH3 is 2. The van der Waals surface area contributed by atoms with Crippen molar-refractivity contribution in [2.24, 2.45) is 0 Å². The summed E-state index contributed by atoms with van der Waals surface area (Å²) in [5.41, 5.74) is 27.2. The number of nitrogen functional groups attached to an aromatic ring is 4. The summed E-state index contributed by atoms with van der Waals surface area (Å²) in [4.78, 5) is 51.8. The third-order valence-electron chi connectivity index (χ3n) is 9.44. The zero-order valence-electron chi connectivity index (χ0n) is 37.1. The number of hydrogen-bond acceptors (Lipinski definition) is 17. The van der Waals surface area contributed by atoms with Gasteiger partial charge < -0.3 is 32.4 Å². The number of amides is 2. The average molecular weight is 1180 g/mol. The van der Waals surface area contributed by atoms with E-state index in [4.69, 9.17) is 22.9 Å². The molecule has 0 fully saturated rings. The van der Waals surface area contributed by atoms with Crippen LogP contribution in [0, 0.1) is 11.6 Å². The molecule has 0 radical (unpaired) electrons. The maximum Gasteiger partial charge on any atom is 0.413 e. The summed E-state index contributed by atoms with van der Waals surface area (Å²) < 4.78 is 50.4. The number of hydrogen-bond donors (Lipinski definition) is 4. The molecule has 26 heteroatoms. The molecular formula is C42H44F2I2N16O5S. The maximum absolute atomic E-state index is 14.2. The van der Waals surface area contributed by atoms with Gasteiger partial charge in [-0.2, -0.15) is 10.2 Å². The van der Waals surface area contributed by atoms with Gasteiger partial charge in [-0.15, -0.1) is 0 Å². The van der Waals surface area contributed by atoms with E-state index in [0.29, 0.717) is 44.6 Å². The van der Waals surface area contributed by atoms with Crippen LogP contribution in [0.5, 0.6) is 0 Å². The second-order valence-electron chi connectivity index (χ2n) is 14.1. The summed E-state index contributed by atoms with van der Waals surface area (Å²) in [6, 6.07) is 19.9. The molecule has 8 rings (SSSR count). The van der Waals surface area contributed by atoms with Crippen LogP contribution in [0.4, 0.5) is 53.0 Å². The van der Waals surface area contributed by atoms with E-state index in [1.807, 2.05) is 0 Å². The predicted octanol–water partition coefficient (Wildman–Crippen LogP) is 6.65. The Hall–Kier alpha value is -6.95. The molecule has 21 nitrogen and oxygen atoms in total. The second kappa shape index (κ2) is 23.7. The smallest absolute Gasteiger partial charge is 0.413 e. The number of nitrogens with zero attached hydrogens (tertiary/aromatic N) is 12. The quantitative estimate of drug-likeness (QED) is 0.116. The molecule has 0 unspecified atom stereocenters. The summed E-state index contributed by atoms with van der Waals surface area (Å²) in [6.07, 6.45) is 5.17. The first kappa shape index (κ1) is 52.0. The maximum atomic E-state index is 14.2. The molecule has 8 aromatic rings. The van der Waals surface area contributed by atoms with Crippen LogP contribution >= 0.6 is 37.2 Å². The molecule has 8 N–H and O–H groups in total. The highest BCUT2D eigenvalue weighted by Crippen LogP contribution is 2.34. The number of rotatable bonds is 8. The van der Waals surface area contributed by atoms with Crippen molar-refractivity contribution < 1.29 is 32.1 Å². The number of halogens is 4. The van der Waals surface area contributed by atoms with Gasteiger partial charge in [-0.25, -0.2) is 57.6 Å². The average Bonchev–Trinajstić information content (AvgIpc) is 3.88. The Balaban J connectivity index is 0.000000228. The van der Waals surface area contributed by atoms with Crippen molar-refractivity contribution in [2.45, 2.75) is 13.1 Å². The van der Waals surface area contributed by atoms with Crippen LogP contribution in [0.3, 0.4) is 0 Å². The number of pyridine rings is 2. The van der Waals surface area contributed by atoms with Crippen LogP contribution in [0.15, 0.2) is 85.2 Å². The molecule has 2 amide bonds. The minimum absolute atomic E-state index is 0.0175. The summed E-state index contributed by atoms with van der Waals surface area (Å²) in [5, 5.41) is 10.4. The van der Waals surface area contributed by atoms with Crippen molar-refractivity contribution >= 4 is 117 Å². The van der Waals surface area contributed by atoms with Crippen molar-refractivity contribution in [1.82, 2.24) is 49.5 Å². The third-order valence-corrected chi connectivity index (χ3v) is 9.44. The normalized spacial score (nSPS) is 10.6. The molecule has 0 aliphatic carbocycles. The first-order chi connectivity index (χ1) is 32.5. The van der Waals surface area contributed by atoms with Gasteiger partial charge in [0.2, 0.25) is 0 Å². The number of fused-ring (bicyclic) bond motifs is 2. The van der Waals surface area contributed by atoms with Crippen molar-refractivity contribution in [3.05, 3.63) is 108 Å². The molecule has 0 saturated heterocycles. The lowest BCUT2D eigenvalue weighted by atomic mass is 10.2. The Morgan fingerprint density at radius 2 is 0.941 bits per heavy atom. The summed E-state index contributed by atoms with van der Waals surface area (Å²) >= 11 is 4.24. The Labute approximate surface area is 413 Å². The van der Waals surface area contributed by atoms with Crippen molar-refractivity contribution in [3.8, 4) is 23.0 Å². The van der Waals surface area contributed by atoms with Crippen molar-refractivity contribution in [1.29, 1.82) is 0 Å². The van der Waals surface area contributed by atoms with Gasteiger partial charge in [0.05, 0.1) is 38.1 Å². The van der Waals surface area contributed by atoms with Crippen LogP contribution in [0.1, 0.15) is 11.1 Å². The van der Waals surface area contributed by atoms with Gasteiger partial charge in [0.15, 0.2) is 46.2 Å². The highest BCUT2D eigenvalue weighted by molar-refractivity contribution is 15.0. The van der Waals surface area contributed by atoms with Crippen LogP contribution in [-0.2, 0) is 33.4 Å². The molecule has 0 aliphatic heterocycles. The fourth-order valence-electron chi connectivity index (χ4n) is 6.48. The van der Waals surface area contributed by atoms with E-state index < -0.39 is 23.0 Å². The lowest BCUT2D eigenvalue weighted by Crippen LogP contribution is -2.28. The number of benzene rings is 2. The zero-order chi connectivity index (χ0) is 49.8. The van der Waals surface area contributed by atoms with E-state index in [1.54, 1.807) is 94.9 Å². The predicted molar refractivity (Wildman–Crippen MR) is 275 cm³/mol. The van der Waals surface area contributed by atoms with E-state index in [9.17, 15) is 22.6 Å². The number of nitrogens with two attached hydrogens (primary N) is 4. The van der Waals surface area contributed by atoms with Gasteiger partial charge in [-0.1, -0.05) is 36.4 Å². The van der Waals surface area contributed by atoms with E-state index in [2.05, 4.69) is 86.8 Å². The lowest BCUT2D eigenvalue weighted by Gasteiger charge is -2.18. The highest BCUT2D eigenvalue weighted by Gasteiger charge is 2.25. The number of ether oxygens (including phenoxy) is 2. The number of anilines is 6. The molecule has 0 saturated carbocycles. The molecule has 2 aromatic carbocycles. The molecular weight excluding hydrogens is 1130 g/mol. The SMILES string of the molecule is COC(=O)N(C)c1c(N)nc(-c2nn(Cc3ccccc3F)c3ncccc23)nc1N.COC(=O)N(C)c1c(N)nc(-c2nn(Cc3ccccc3F)c3ncccc23)nc1N.CS(C)=O.II. The highest BCUT2D eigenvalue weighted by atomic mass is 128. The van der Waals surface area contributed by atoms with Crippen LogP contribution in [0.25, 0.3) is 45.1 Å². The standard InChI is InChI=1S/2C20H19FN8O2.C2H6OS.I2/c2*1-28(20(30)31-2)15-16(22)25-18(26-17(15)23)14-12-7-5-9-24-19(12)29(27-14)10-11-6-3-4-8-13(11)21;1-4(2)3;1-2/h2*3-9H,10H2,1-2H3,(H4,22,23,25,26);1-2H3;. The van der Waals surface area contributed by atoms with Crippen molar-refractivity contribution in [3.63, 3.8) is 0 Å². The summed E-state index contributed by atoms with van der Waals surface area (Å²) in [6.45, 7) is 0.322. The minimum atomic E-state index is -0.668. The Morgan fingerprint density at radius 1 is 0.618 bits per heavy atom. The first-order valence-corrected chi connectivity index (χ1v) is 27.8. The summed E-state index contributed by atoms with van der Waals surface area (Å²) in [7, 11) is 4.75. The zero-order valence-corrected chi connectivity index (χ0v) is 42.3. The Bertz CT molecular complexity index is 2860. The number of aromatic nitrogens is 10. The van der Waals surface area contributed by atoms with Crippen LogP contribution in [-0.4, -0.2) is 107 Å². The Morgan fingerprint density at radius 3 is 1.25 bits per heavy atom. The van der Waals surface area contributed by atoms with Gasteiger partial charge in [-0.3, -0.25) is 14.0 Å². The van der Waals surface area contributed by atoms with E-state index in [-0.39, 0.29) is 71.0 Å². The largest absolute Gasteiger partial charge is 0.452 e. The fraction of sp³-hybridized carbons (Fsp3) is 0.190. The molecule has 0 atom stereocenters. The molecule has 6 aromatic heterocycles. The molecule has 68 heavy (non-hydrogen) atoms. The van der Waals surface area contributed by atoms with Gasteiger partial charge >= 0.3 is 12.2 Å². The van der Waals surface area contributed by atoms with Crippen LogP contribution in [0.2, 0.25) is 0 Å². The van der Waals surface area contributed by atoms with Gasteiger partial charge in [0.1, 0.15) is 34.4 Å². The minimum Gasteiger partial charge on any atom is -0.452 e. The first-order valence-electron chi connectivity index (χ1n) is 19.5. The van der Waals surface area contributed by atoms with Gasteiger partial charge in [0.25, 0.3) is 0 Å². The fourth-order valence-corrected chi connectivity index (χ4v) is 6.48. The summed E-state index contributed by atoms with van der Waals surface area (Å²) in [5.74, 6) is -0.448. The van der Waals surface area contributed by atoms with Crippen molar-refractivity contribution in [2.75, 3.05) is 73.6 Å². The van der Waals surface area contributed by atoms with Gasteiger partial charge in [0, 0.05) is 98.2 Å². The van der Waals surface area contributed by atoms with Gasteiger partial charge in [-0.05, 0) is 36.4 Å². The Kier molecular flexibility index (Phi) is 18.1. The third kappa shape index (κ3) is 11.9. The lowest BCUT2D eigenvalue weighted by molar-refractivity contribution is 0.179. The second-order valence-corrected chi connectivity index (χ2v) is 15.6. The topological polar surface area (TPSA) is 293 Å². The molecule has 6 heterocycles. The monoisotopic (exact) mass is 1180 g/mol. The number of carbonyl (C=O) groups excluding carboxylic acids is 2. The molecule has 356 valence electrons.